The van der Waals surface area contributed by atoms with Crippen LogP contribution < -0.4 is 5.32 Å². The van der Waals surface area contributed by atoms with Crippen LogP contribution in [0.5, 0.6) is 0 Å². The molecule has 2 heterocycles. The molecule has 2 N–H and O–H groups in total. The first kappa shape index (κ1) is 14.3. The number of aromatic amines is 1. The molecule has 1 aromatic heterocycles. The second-order valence-corrected chi connectivity index (χ2v) is 7.80. The van der Waals surface area contributed by atoms with Gasteiger partial charge in [0.1, 0.15) is 0 Å². The number of H-pyrrole nitrogens is 1. The molecule has 1 aromatic carbocycles. The molecule has 1 atom stereocenters. The van der Waals surface area contributed by atoms with Crippen molar-refractivity contribution in [2.75, 3.05) is 12.3 Å². The van der Waals surface area contributed by atoms with E-state index in [9.17, 15) is 8.42 Å². The Bertz CT molecular complexity index is 695. The van der Waals surface area contributed by atoms with E-state index in [1.165, 1.54) is 0 Å². The van der Waals surface area contributed by atoms with Crippen LogP contribution in [0, 0.1) is 0 Å². The van der Waals surface area contributed by atoms with Crippen molar-refractivity contribution in [2.24, 2.45) is 0 Å². The first-order valence-electron chi connectivity index (χ1n) is 7.17. The molecule has 1 aliphatic rings. The Morgan fingerprint density at radius 3 is 2.81 bits per heavy atom. The molecule has 112 valence electrons. The van der Waals surface area contributed by atoms with E-state index in [4.69, 9.17) is 0 Å². The van der Waals surface area contributed by atoms with Gasteiger partial charge in [-0.3, -0.25) is 5.10 Å². The molecule has 0 radical (unpaired) electrons. The maximum absolute atomic E-state index is 11.8. The van der Waals surface area contributed by atoms with Crippen LogP contribution in [-0.4, -0.2) is 36.2 Å². The lowest BCUT2D eigenvalue weighted by Gasteiger charge is -2.10. The Hall–Kier alpha value is -1.66. The van der Waals surface area contributed by atoms with Gasteiger partial charge in [0.25, 0.3) is 0 Å². The first-order valence-corrected chi connectivity index (χ1v) is 8.88. The fraction of sp³-hybridized carbons (Fsp3) is 0.400. The van der Waals surface area contributed by atoms with Crippen molar-refractivity contribution >= 4 is 9.84 Å². The predicted molar refractivity (Wildman–Crippen MR) is 82.5 cm³/mol. The second-order valence-electron chi connectivity index (χ2n) is 5.40. The third-order valence-electron chi connectivity index (χ3n) is 3.93. The molecule has 0 amide bonds. The number of rotatable bonds is 5. The van der Waals surface area contributed by atoms with Gasteiger partial charge in [-0.25, -0.2) is 8.42 Å². The van der Waals surface area contributed by atoms with E-state index in [2.05, 4.69) is 15.5 Å². The maximum atomic E-state index is 11.8. The molecule has 0 spiro atoms. The van der Waals surface area contributed by atoms with E-state index >= 15 is 0 Å². The van der Waals surface area contributed by atoms with Gasteiger partial charge in [0.15, 0.2) is 9.84 Å². The minimum atomic E-state index is -2.88. The van der Waals surface area contributed by atoms with Gasteiger partial charge in [-0.2, -0.15) is 5.10 Å². The summed E-state index contributed by atoms with van der Waals surface area (Å²) in [6.07, 6.45) is 3.35. The number of benzene rings is 1. The topological polar surface area (TPSA) is 74.8 Å². The summed E-state index contributed by atoms with van der Waals surface area (Å²) < 4.78 is 23.6. The van der Waals surface area contributed by atoms with Crippen molar-refractivity contribution in [3.63, 3.8) is 0 Å². The molecule has 0 saturated carbocycles. The van der Waals surface area contributed by atoms with Crippen LogP contribution in [0.1, 0.15) is 18.4 Å². The zero-order valence-electron chi connectivity index (χ0n) is 11.7. The summed E-state index contributed by atoms with van der Waals surface area (Å²) in [5, 5.41) is 10.1. The van der Waals surface area contributed by atoms with Crippen LogP contribution in [0.4, 0.5) is 0 Å². The summed E-state index contributed by atoms with van der Waals surface area (Å²) in [6, 6.07) is 10.00. The average Bonchev–Trinajstić information content (AvgIpc) is 3.07. The number of nitrogens with zero attached hydrogens (tertiary/aromatic N) is 1. The zero-order chi connectivity index (χ0) is 14.7. The van der Waals surface area contributed by atoms with Crippen molar-refractivity contribution in [1.29, 1.82) is 0 Å². The summed E-state index contributed by atoms with van der Waals surface area (Å²) in [4.78, 5) is 0. The predicted octanol–water partition coefficient (Wildman–Crippen LogP) is 1.74. The Morgan fingerprint density at radius 1 is 1.29 bits per heavy atom. The lowest BCUT2D eigenvalue weighted by atomic mass is 10.1. The molecular formula is C15H19N3O2S. The second kappa shape index (κ2) is 5.99. The van der Waals surface area contributed by atoms with Crippen LogP contribution in [0.25, 0.3) is 11.3 Å². The van der Waals surface area contributed by atoms with E-state index in [1.54, 1.807) is 6.20 Å². The van der Waals surface area contributed by atoms with Gasteiger partial charge < -0.3 is 5.32 Å². The largest absolute Gasteiger partial charge is 0.311 e. The van der Waals surface area contributed by atoms with Crippen molar-refractivity contribution in [1.82, 2.24) is 15.5 Å². The third-order valence-corrected chi connectivity index (χ3v) is 6.21. The monoisotopic (exact) mass is 305 g/mol. The van der Waals surface area contributed by atoms with E-state index in [-0.39, 0.29) is 5.25 Å². The van der Waals surface area contributed by atoms with Crippen molar-refractivity contribution < 1.29 is 8.42 Å². The fourth-order valence-electron chi connectivity index (χ4n) is 2.76. The highest BCUT2D eigenvalue weighted by atomic mass is 32.2. The highest BCUT2D eigenvalue weighted by molar-refractivity contribution is 7.92. The molecule has 1 unspecified atom stereocenters. The normalized spacial score (nSPS) is 20.7. The lowest BCUT2D eigenvalue weighted by molar-refractivity contribution is 0.574. The minimum absolute atomic E-state index is 0.232. The van der Waals surface area contributed by atoms with Crippen molar-refractivity contribution in [2.45, 2.75) is 24.6 Å². The van der Waals surface area contributed by atoms with E-state index in [0.29, 0.717) is 18.8 Å². The van der Waals surface area contributed by atoms with Gasteiger partial charge in [0.2, 0.25) is 0 Å². The summed E-state index contributed by atoms with van der Waals surface area (Å²) in [5.74, 6) is 0.334. The molecule has 0 bridgehead atoms. The van der Waals surface area contributed by atoms with E-state index in [0.717, 1.165) is 29.7 Å². The zero-order valence-corrected chi connectivity index (χ0v) is 12.6. The smallest absolute Gasteiger partial charge is 0.154 e. The summed E-state index contributed by atoms with van der Waals surface area (Å²) in [6.45, 7) is 1.13. The Morgan fingerprint density at radius 2 is 2.10 bits per heavy atom. The summed E-state index contributed by atoms with van der Waals surface area (Å²) >= 11 is 0. The first-order chi connectivity index (χ1) is 10.2. The van der Waals surface area contributed by atoms with Crippen LogP contribution in [0.15, 0.2) is 36.5 Å². The van der Waals surface area contributed by atoms with Gasteiger partial charge in [-0.1, -0.05) is 30.3 Å². The quantitative estimate of drug-likeness (QED) is 0.882. The average molecular weight is 305 g/mol. The number of hydrogen-bond donors (Lipinski definition) is 2. The molecule has 21 heavy (non-hydrogen) atoms. The Labute approximate surface area is 124 Å². The molecular weight excluding hydrogens is 286 g/mol. The number of hydrogen-bond acceptors (Lipinski definition) is 4. The molecule has 0 aliphatic carbocycles. The van der Waals surface area contributed by atoms with Crippen LogP contribution in [-0.2, 0) is 16.4 Å². The summed E-state index contributed by atoms with van der Waals surface area (Å²) in [5.41, 5.74) is 3.12. The SMILES string of the molecule is O=S1(=O)CCCC1CNCc1cn[nH]c1-c1ccccc1. The van der Waals surface area contributed by atoms with Gasteiger partial charge in [-0.15, -0.1) is 0 Å². The van der Waals surface area contributed by atoms with Crippen LogP contribution in [0.2, 0.25) is 0 Å². The standard InChI is InChI=1S/C15H19N3O2S/c19-21(20)8-4-7-14(21)11-16-9-13-10-17-18-15(13)12-5-2-1-3-6-12/h1-3,5-6,10,14,16H,4,7-9,11H2,(H,17,18). The van der Waals surface area contributed by atoms with E-state index < -0.39 is 9.84 Å². The Kier molecular flexibility index (Phi) is 4.07. The number of nitrogens with one attached hydrogen (secondary N) is 2. The van der Waals surface area contributed by atoms with Crippen LogP contribution >= 0.6 is 0 Å². The lowest BCUT2D eigenvalue weighted by Crippen LogP contribution is -2.30. The maximum Gasteiger partial charge on any atom is 0.154 e. The van der Waals surface area contributed by atoms with Gasteiger partial charge in [-0.05, 0) is 18.4 Å². The molecule has 1 saturated heterocycles. The van der Waals surface area contributed by atoms with Gasteiger partial charge in [0.05, 0.1) is 22.9 Å². The van der Waals surface area contributed by atoms with Crippen molar-refractivity contribution in [3.05, 3.63) is 42.1 Å². The molecule has 1 fully saturated rings. The van der Waals surface area contributed by atoms with Crippen LogP contribution in [0.3, 0.4) is 0 Å². The van der Waals surface area contributed by atoms with Gasteiger partial charge >= 0.3 is 0 Å². The molecule has 5 nitrogen and oxygen atoms in total. The highest BCUT2D eigenvalue weighted by Crippen LogP contribution is 2.21. The fourth-order valence-corrected chi connectivity index (χ4v) is 4.56. The molecule has 2 aromatic rings. The number of aromatic nitrogens is 2. The minimum Gasteiger partial charge on any atom is -0.311 e. The number of sulfone groups is 1. The van der Waals surface area contributed by atoms with Crippen molar-refractivity contribution in [3.8, 4) is 11.3 Å². The Balaban J connectivity index is 1.63. The van der Waals surface area contributed by atoms with E-state index in [1.807, 2.05) is 30.3 Å². The molecule has 3 rings (SSSR count). The van der Waals surface area contributed by atoms with Gasteiger partial charge in [0, 0.05) is 18.7 Å². The third kappa shape index (κ3) is 3.16. The highest BCUT2D eigenvalue weighted by Gasteiger charge is 2.30. The molecule has 1 aliphatic heterocycles. The summed E-state index contributed by atoms with van der Waals surface area (Å²) in [7, 11) is -2.88. The molecule has 6 heteroatoms.